The SMILES string of the molecule is C=C(Br)Cn1c(CCCNC(=O)C(C)(C)C)nc2ccccc21. The largest absolute Gasteiger partial charge is 0.356 e. The van der Waals surface area contributed by atoms with Gasteiger partial charge in [0.05, 0.1) is 17.6 Å². The molecule has 0 atom stereocenters. The lowest BCUT2D eigenvalue weighted by molar-refractivity contribution is -0.128. The zero-order valence-corrected chi connectivity index (χ0v) is 15.6. The number of fused-ring (bicyclic) bond motifs is 1. The second-order valence-corrected chi connectivity index (χ2v) is 7.85. The standard InChI is InChI=1S/C18H24BrN3O/c1-13(19)12-22-15-9-6-5-8-14(15)21-16(22)10-7-11-20-17(23)18(2,3)4/h5-6,8-9H,1,7,10-12H2,2-4H3,(H,20,23). The first kappa shape index (κ1) is 17.7. The number of imidazole rings is 1. The Morgan fingerprint density at radius 1 is 1.35 bits per heavy atom. The van der Waals surface area contributed by atoms with E-state index in [1.165, 1.54) is 0 Å². The van der Waals surface area contributed by atoms with E-state index in [1.54, 1.807) is 0 Å². The fraction of sp³-hybridized carbons (Fsp3) is 0.444. The molecule has 1 N–H and O–H groups in total. The van der Waals surface area contributed by atoms with Crippen molar-refractivity contribution < 1.29 is 4.79 Å². The quantitative estimate of drug-likeness (QED) is 0.772. The summed E-state index contributed by atoms with van der Waals surface area (Å²) in [6.07, 6.45) is 1.68. The molecule has 124 valence electrons. The molecule has 1 aromatic carbocycles. The van der Waals surface area contributed by atoms with Crippen LogP contribution in [0.4, 0.5) is 0 Å². The van der Waals surface area contributed by atoms with Crippen LogP contribution in [0.2, 0.25) is 0 Å². The van der Waals surface area contributed by atoms with Crippen molar-refractivity contribution in [2.45, 2.75) is 40.2 Å². The predicted octanol–water partition coefficient (Wildman–Crippen LogP) is 4.04. The van der Waals surface area contributed by atoms with Crippen molar-refractivity contribution >= 4 is 32.9 Å². The second kappa shape index (κ2) is 7.30. The zero-order chi connectivity index (χ0) is 17.0. The summed E-state index contributed by atoms with van der Waals surface area (Å²) in [7, 11) is 0. The van der Waals surface area contributed by atoms with Gasteiger partial charge in [-0.15, -0.1) is 0 Å². The van der Waals surface area contributed by atoms with Crippen molar-refractivity contribution in [1.29, 1.82) is 0 Å². The van der Waals surface area contributed by atoms with Crippen LogP contribution in [-0.2, 0) is 17.8 Å². The van der Waals surface area contributed by atoms with Crippen LogP contribution in [0.5, 0.6) is 0 Å². The number of rotatable bonds is 6. The summed E-state index contributed by atoms with van der Waals surface area (Å²) in [6, 6.07) is 8.11. The van der Waals surface area contributed by atoms with E-state index < -0.39 is 0 Å². The average molecular weight is 378 g/mol. The zero-order valence-electron chi connectivity index (χ0n) is 14.0. The maximum Gasteiger partial charge on any atom is 0.225 e. The Kier molecular flexibility index (Phi) is 5.63. The number of benzene rings is 1. The lowest BCUT2D eigenvalue weighted by atomic mass is 9.96. The average Bonchev–Trinajstić information content (AvgIpc) is 2.80. The van der Waals surface area contributed by atoms with Crippen LogP contribution in [0.25, 0.3) is 11.0 Å². The summed E-state index contributed by atoms with van der Waals surface area (Å²) in [5.41, 5.74) is 1.76. The van der Waals surface area contributed by atoms with Crippen molar-refractivity contribution in [3.8, 4) is 0 Å². The third kappa shape index (κ3) is 4.67. The summed E-state index contributed by atoms with van der Waals surface area (Å²) in [5, 5.41) is 2.98. The maximum absolute atomic E-state index is 11.9. The Labute approximate surface area is 146 Å². The van der Waals surface area contributed by atoms with Gasteiger partial charge in [0.25, 0.3) is 0 Å². The third-order valence-corrected chi connectivity index (χ3v) is 3.86. The van der Waals surface area contributed by atoms with Crippen molar-refractivity contribution in [3.05, 3.63) is 41.2 Å². The molecule has 2 aromatic rings. The number of carbonyl (C=O) groups is 1. The lowest BCUT2D eigenvalue weighted by Crippen LogP contribution is -2.35. The highest BCUT2D eigenvalue weighted by Crippen LogP contribution is 2.20. The van der Waals surface area contributed by atoms with Crippen LogP contribution >= 0.6 is 15.9 Å². The first-order valence-electron chi connectivity index (χ1n) is 7.85. The molecular formula is C18H24BrN3O. The Morgan fingerprint density at radius 2 is 2.04 bits per heavy atom. The van der Waals surface area contributed by atoms with Crippen molar-refractivity contribution in [2.24, 2.45) is 5.41 Å². The molecule has 0 aliphatic rings. The van der Waals surface area contributed by atoms with Crippen molar-refractivity contribution in [3.63, 3.8) is 0 Å². The van der Waals surface area contributed by atoms with E-state index in [0.717, 1.165) is 34.2 Å². The summed E-state index contributed by atoms with van der Waals surface area (Å²) in [6.45, 7) is 11.1. The van der Waals surface area contributed by atoms with E-state index in [1.807, 2.05) is 39.0 Å². The Balaban J connectivity index is 2.05. The number of nitrogens with zero attached hydrogens (tertiary/aromatic N) is 2. The van der Waals surface area contributed by atoms with Crippen LogP contribution in [0, 0.1) is 5.41 Å². The lowest BCUT2D eigenvalue weighted by Gasteiger charge is -2.17. The number of hydrogen-bond donors (Lipinski definition) is 1. The van der Waals surface area contributed by atoms with E-state index in [0.29, 0.717) is 13.1 Å². The molecule has 0 saturated carbocycles. The minimum atomic E-state index is -0.346. The molecule has 2 rings (SSSR count). The minimum Gasteiger partial charge on any atom is -0.356 e. The minimum absolute atomic E-state index is 0.0832. The van der Waals surface area contributed by atoms with Crippen LogP contribution < -0.4 is 5.32 Å². The van der Waals surface area contributed by atoms with Gasteiger partial charge in [0.1, 0.15) is 5.82 Å². The predicted molar refractivity (Wildman–Crippen MR) is 98.6 cm³/mol. The van der Waals surface area contributed by atoms with Gasteiger partial charge in [-0.2, -0.15) is 0 Å². The number of carbonyl (C=O) groups excluding carboxylic acids is 1. The van der Waals surface area contributed by atoms with Gasteiger partial charge in [0.15, 0.2) is 0 Å². The molecule has 0 radical (unpaired) electrons. The number of aryl methyl sites for hydroxylation is 1. The van der Waals surface area contributed by atoms with Crippen LogP contribution in [-0.4, -0.2) is 22.0 Å². The smallest absolute Gasteiger partial charge is 0.225 e. The molecule has 4 nitrogen and oxygen atoms in total. The molecule has 0 bridgehead atoms. The highest BCUT2D eigenvalue weighted by molar-refractivity contribution is 9.11. The summed E-state index contributed by atoms with van der Waals surface area (Å²) in [4.78, 5) is 16.6. The second-order valence-electron chi connectivity index (χ2n) is 6.73. The van der Waals surface area contributed by atoms with Crippen molar-refractivity contribution in [1.82, 2.24) is 14.9 Å². The van der Waals surface area contributed by atoms with Gasteiger partial charge in [0, 0.05) is 22.9 Å². The normalized spacial score (nSPS) is 11.7. The van der Waals surface area contributed by atoms with E-state index >= 15 is 0 Å². The van der Waals surface area contributed by atoms with Gasteiger partial charge < -0.3 is 9.88 Å². The van der Waals surface area contributed by atoms with Crippen LogP contribution in [0.3, 0.4) is 0 Å². The first-order chi connectivity index (χ1) is 10.8. The number of hydrogen-bond acceptors (Lipinski definition) is 2. The van der Waals surface area contributed by atoms with Crippen LogP contribution in [0.15, 0.2) is 35.3 Å². The van der Waals surface area contributed by atoms with Gasteiger partial charge in [0.2, 0.25) is 5.91 Å². The number of nitrogens with one attached hydrogen (secondary N) is 1. The van der Waals surface area contributed by atoms with E-state index in [-0.39, 0.29) is 11.3 Å². The molecule has 1 heterocycles. The van der Waals surface area contributed by atoms with Gasteiger partial charge in [-0.05, 0) is 18.6 Å². The van der Waals surface area contributed by atoms with E-state index in [4.69, 9.17) is 4.98 Å². The molecule has 0 aliphatic heterocycles. The number of amides is 1. The molecule has 0 saturated heterocycles. The molecule has 0 fully saturated rings. The number of aromatic nitrogens is 2. The highest BCUT2D eigenvalue weighted by Gasteiger charge is 2.20. The number of halogens is 1. The Bertz CT molecular complexity index is 713. The summed E-state index contributed by atoms with van der Waals surface area (Å²) >= 11 is 3.44. The fourth-order valence-electron chi connectivity index (χ4n) is 2.38. The maximum atomic E-state index is 11.9. The first-order valence-corrected chi connectivity index (χ1v) is 8.64. The molecule has 5 heteroatoms. The molecular weight excluding hydrogens is 354 g/mol. The third-order valence-electron chi connectivity index (χ3n) is 3.61. The summed E-state index contributed by atoms with van der Waals surface area (Å²) in [5.74, 6) is 1.11. The molecule has 1 amide bonds. The molecule has 1 aromatic heterocycles. The van der Waals surface area contributed by atoms with Gasteiger partial charge >= 0.3 is 0 Å². The number of para-hydroxylation sites is 2. The van der Waals surface area contributed by atoms with E-state index in [9.17, 15) is 4.79 Å². The molecule has 0 unspecified atom stereocenters. The molecule has 23 heavy (non-hydrogen) atoms. The fourth-order valence-corrected chi connectivity index (χ4v) is 2.63. The van der Waals surface area contributed by atoms with Gasteiger partial charge in [-0.25, -0.2) is 4.98 Å². The van der Waals surface area contributed by atoms with Crippen molar-refractivity contribution in [2.75, 3.05) is 6.54 Å². The Morgan fingerprint density at radius 3 is 2.70 bits per heavy atom. The topological polar surface area (TPSA) is 46.9 Å². The number of allylic oxidation sites excluding steroid dienone is 1. The van der Waals surface area contributed by atoms with E-state index in [2.05, 4.69) is 38.5 Å². The molecule has 0 aliphatic carbocycles. The van der Waals surface area contributed by atoms with Gasteiger partial charge in [-0.3, -0.25) is 4.79 Å². The monoisotopic (exact) mass is 377 g/mol. The highest BCUT2D eigenvalue weighted by atomic mass is 79.9. The molecule has 0 spiro atoms. The van der Waals surface area contributed by atoms with Crippen LogP contribution in [0.1, 0.15) is 33.0 Å². The van der Waals surface area contributed by atoms with Gasteiger partial charge in [-0.1, -0.05) is 55.4 Å². The summed E-state index contributed by atoms with van der Waals surface area (Å²) < 4.78 is 3.10. The Hall–Kier alpha value is -1.62.